The zero-order valence-electron chi connectivity index (χ0n) is 10.6. The number of aromatic amines is 2. The second-order valence-corrected chi connectivity index (χ2v) is 5.89. The van der Waals surface area contributed by atoms with Crippen molar-refractivity contribution in [2.75, 3.05) is 12.0 Å². The summed E-state index contributed by atoms with van der Waals surface area (Å²) in [5, 5.41) is 5.75. The van der Waals surface area contributed by atoms with E-state index in [-0.39, 0.29) is 5.56 Å². The van der Waals surface area contributed by atoms with Gasteiger partial charge in [0, 0.05) is 16.8 Å². The maximum Gasteiger partial charge on any atom is 0.310 e. The molecule has 0 spiro atoms. The third-order valence-corrected chi connectivity index (χ3v) is 4.28. The van der Waals surface area contributed by atoms with E-state index in [0.29, 0.717) is 22.0 Å². The van der Waals surface area contributed by atoms with E-state index in [2.05, 4.69) is 10.2 Å². The normalized spacial score (nSPS) is 10.8. The van der Waals surface area contributed by atoms with Crippen molar-refractivity contribution in [2.24, 2.45) is 0 Å². The highest BCUT2D eigenvalue weighted by molar-refractivity contribution is 7.98. The summed E-state index contributed by atoms with van der Waals surface area (Å²) < 4.78 is 0. The summed E-state index contributed by atoms with van der Waals surface area (Å²) >= 11 is 14.2. The van der Waals surface area contributed by atoms with Crippen molar-refractivity contribution in [3.63, 3.8) is 0 Å². The maximum absolute atomic E-state index is 11.9. The molecule has 2 aromatic rings. The Bertz CT molecular complexity index is 740. The van der Waals surface area contributed by atoms with E-state index in [9.17, 15) is 9.59 Å². The molecular weight excluding hydrogens is 319 g/mol. The number of benzene rings is 1. The average molecular weight is 331 g/mol. The first-order valence-electron chi connectivity index (χ1n) is 5.82. The third-order valence-electron chi connectivity index (χ3n) is 2.89. The summed E-state index contributed by atoms with van der Waals surface area (Å²) in [6.45, 7) is 0. The molecule has 0 saturated heterocycles. The summed E-state index contributed by atoms with van der Waals surface area (Å²) in [7, 11) is 0. The van der Waals surface area contributed by atoms with E-state index in [0.717, 1.165) is 11.3 Å². The van der Waals surface area contributed by atoms with Gasteiger partial charge in [-0.25, -0.2) is 0 Å². The molecule has 4 nitrogen and oxygen atoms in total. The predicted molar refractivity (Wildman–Crippen MR) is 85.2 cm³/mol. The van der Waals surface area contributed by atoms with E-state index in [4.69, 9.17) is 23.2 Å². The number of hydrogen-bond acceptors (Lipinski definition) is 3. The molecule has 0 amide bonds. The van der Waals surface area contributed by atoms with E-state index in [1.165, 1.54) is 6.20 Å². The highest BCUT2D eigenvalue weighted by Gasteiger charge is 2.15. The van der Waals surface area contributed by atoms with E-state index >= 15 is 0 Å². The molecule has 106 valence electrons. The van der Waals surface area contributed by atoms with Crippen LogP contribution in [0, 0.1) is 0 Å². The molecule has 0 aliphatic carbocycles. The van der Waals surface area contributed by atoms with E-state index in [1.807, 2.05) is 6.26 Å². The van der Waals surface area contributed by atoms with Crippen molar-refractivity contribution >= 4 is 35.0 Å². The van der Waals surface area contributed by atoms with Crippen LogP contribution in [0.25, 0.3) is 11.1 Å². The summed E-state index contributed by atoms with van der Waals surface area (Å²) in [6, 6.07) is 3.34. The number of aromatic nitrogens is 2. The summed E-state index contributed by atoms with van der Waals surface area (Å²) in [6.07, 6.45) is 4.12. The van der Waals surface area contributed by atoms with Crippen molar-refractivity contribution in [1.29, 1.82) is 0 Å². The van der Waals surface area contributed by atoms with Crippen LogP contribution in [0.2, 0.25) is 10.0 Å². The molecule has 0 radical (unpaired) electrons. The Labute approximate surface area is 129 Å². The lowest BCUT2D eigenvalue weighted by Gasteiger charge is -2.11. The second-order valence-electron chi connectivity index (χ2n) is 4.12. The van der Waals surface area contributed by atoms with Crippen LogP contribution in [0.3, 0.4) is 0 Å². The molecule has 0 fully saturated rings. The van der Waals surface area contributed by atoms with Crippen molar-refractivity contribution < 1.29 is 0 Å². The minimum Gasteiger partial charge on any atom is -0.305 e. The van der Waals surface area contributed by atoms with Crippen LogP contribution in [0.15, 0.2) is 27.9 Å². The molecule has 20 heavy (non-hydrogen) atoms. The van der Waals surface area contributed by atoms with Crippen LogP contribution in [-0.2, 0) is 6.42 Å². The summed E-state index contributed by atoms with van der Waals surface area (Å²) in [4.78, 5) is 23.2. The number of H-pyrrole nitrogens is 2. The Morgan fingerprint density at radius 1 is 1.20 bits per heavy atom. The van der Waals surface area contributed by atoms with Gasteiger partial charge in [0.15, 0.2) is 0 Å². The van der Waals surface area contributed by atoms with Gasteiger partial charge < -0.3 is 5.10 Å². The van der Waals surface area contributed by atoms with Gasteiger partial charge in [0.05, 0.1) is 10.6 Å². The maximum atomic E-state index is 11.9. The third kappa shape index (κ3) is 2.95. The minimum atomic E-state index is -0.709. The lowest BCUT2D eigenvalue weighted by atomic mass is 10.0. The van der Waals surface area contributed by atoms with Gasteiger partial charge >= 0.3 is 5.56 Å². The molecular formula is C13H12Cl2N2O2S. The number of halogens is 2. The first-order chi connectivity index (χ1) is 9.56. The lowest BCUT2D eigenvalue weighted by molar-refractivity contribution is 0.975. The molecule has 2 N–H and O–H groups in total. The standard InChI is InChI=1S/C13H12Cl2N2O2S/c1-20-5-4-8-10(14)3-2-7(11(8)15)9-6-16-17-13(19)12(9)18/h2-3,6H,4-5H2,1H3,(H,16,18)(H,17,19). The first-order valence-corrected chi connectivity index (χ1v) is 7.97. The molecule has 1 aromatic heterocycles. The van der Waals surface area contributed by atoms with Crippen LogP contribution < -0.4 is 11.0 Å². The fourth-order valence-electron chi connectivity index (χ4n) is 1.86. The van der Waals surface area contributed by atoms with Crippen molar-refractivity contribution in [3.05, 3.63) is 54.5 Å². The molecule has 0 unspecified atom stereocenters. The Hall–Kier alpha value is -1.17. The van der Waals surface area contributed by atoms with E-state index in [1.54, 1.807) is 23.9 Å². The SMILES string of the molecule is CSCCc1c(Cl)ccc(-c2c[nH][nH]c(=O)c2=O)c1Cl. The Balaban J connectivity index is 2.61. The molecule has 0 aliphatic rings. The zero-order chi connectivity index (χ0) is 14.7. The van der Waals surface area contributed by atoms with Gasteiger partial charge in [0.25, 0.3) is 5.43 Å². The fraction of sp³-hybridized carbons (Fsp3) is 0.231. The first kappa shape index (κ1) is 15.2. The van der Waals surface area contributed by atoms with E-state index < -0.39 is 11.0 Å². The summed E-state index contributed by atoms with van der Waals surface area (Å²) in [5.74, 6) is 0.870. The largest absolute Gasteiger partial charge is 0.310 e. The molecule has 0 aliphatic heterocycles. The molecule has 0 atom stereocenters. The predicted octanol–water partition coefficient (Wildman–Crippen LogP) is 2.94. The minimum absolute atomic E-state index is 0.237. The van der Waals surface area contributed by atoms with Crippen molar-refractivity contribution in [3.8, 4) is 11.1 Å². The Morgan fingerprint density at radius 3 is 2.65 bits per heavy atom. The number of hydrogen-bond donors (Lipinski definition) is 2. The molecule has 7 heteroatoms. The molecule has 1 aromatic carbocycles. The van der Waals surface area contributed by atoms with Crippen molar-refractivity contribution in [2.45, 2.75) is 6.42 Å². The van der Waals surface area contributed by atoms with Gasteiger partial charge in [-0.15, -0.1) is 0 Å². The van der Waals surface area contributed by atoms with Crippen LogP contribution in [0.1, 0.15) is 5.56 Å². The zero-order valence-corrected chi connectivity index (χ0v) is 13.0. The fourth-order valence-corrected chi connectivity index (χ4v) is 2.93. The van der Waals surface area contributed by atoms with Crippen LogP contribution in [0.4, 0.5) is 0 Å². The van der Waals surface area contributed by atoms with Crippen molar-refractivity contribution in [1.82, 2.24) is 10.2 Å². The number of thioether (sulfide) groups is 1. The number of rotatable bonds is 4. The smallest absolute Gasteiger partial charge is 0.305 e. The highest BCUT2D eigenvalue weighted by Crippen LogP contribution is 2.33. The average Bonchev–Trinajstić information content (AvgIpc) is 2.43. The number of nitrogens with one attached hydrogen (secondary N) is 2. The van der Waals surface area contributed by atoms with Gasteiger partial charge in [-0.3, -0.25) is 14.7 Å². The topological polar surface area (TPSA) is 65.7 Å². The van der Waals surface area contributed by atoms with Gasteiger partial charge in [-0.1, -0.05) is 29.3 Å². The second kappa shape index (κ2) is 6.52. The molecule has 0 bridgehead atoms. The highest BCUT2D eigenvalue weighted by atomic mass is 35.5. The molecule has 0 saturated carbocycles. The Kier molecular flexibility index (Phi) is 4.96. The van der Waals surface area contributed by atoms with Crippen LogP contribution in [-0.4, -0.2) is 22.2 Å². The molecule has 1 heterocycles. The monoisotopic (exact) mass is 330 g/mol. The van der Waals surface area contributed by atoms with Crippen LogP contribution >= 0.6 is 35.0 Å². The van der Waals surface area contributed by atoms with Gasteiger partial charge in [-0.2, -0.15) is 11.8 Å². The Morgan fingerprint density at radius 2 is 1.95 bits per heavy atom. The van der Waals surface area contributed by atoms with Crippen LogP contribution in [0.5, 0.6) is 0 Å². The van der Waals surface area contributed by atoms with Gasteiger partial charge in [0.1, 0.15) is 0 Å². The van der Waals surface area contributed by atoms with Gasteiger partial charge in [0.2, 0.25) is 0 Å². The quantitative estimate of drug-likeness (QED) is 0.847. The molecule has 2 rings (SSSR count). The van der Waals surface area contributed by atoms with Gasteiger partial charge in [-0.05, 0) is 30.1 Å². The lowest BCUT2D eigenvalue weighted by Crippen LogP contribution is -2.28. The summed E-state index contributed by atoms with van der Waals surface area (Å²) in [5.41, 5.74) is 0.211.